The average molecular weight is 400 g/mol. The van der Waals surface area contributed by atoms with Crippen LogP contribution >= 0.6 is 11.6 Å². The van der Waals surface area contributed by atoms with Gasteiger partial charge < -0.3 is 14.6 Å². The van der Waals surface area contributed by atoms with E-state index in [2.05, 4.69) is 16.0 Å². The van der Waals surface area contributed by atoms with Crippen molar-refractivity contribution < 1.29 is 9.53 Å². The molecule has 28 heavy (non-hydrogen) atoms. The van der Waals surface area contributed by atoms with Gasteiger partial charge in [0.2, 0.25) is 5.91 Å². The summed E-state index contributed by atoms with van der Waals surface area (Å²) >= 11 is 5.89. The zero-order chi connectivity index (χ0) is 19.8. The van der Waals surface area contributed by atoms with E-state index in [9.17, 15) is 4.79 Å². The Morgan fingerprint density at radius 1 is 1.11 bits per heavy atom. The number of aryl methyl sites for hydroxylation is 2. The van der Waals surface area contributed by atoms with Crippen molar-refractivity contribution in [3.8, 4) is 5.75 Å². The van der Waals surface area contributed by atoms with Crippen LogP contribution in [0.1, 0.15) is 32.0 Å². The smallest absolute Gasteiger partial charge is 0.216 e. The highest BCUT2D eigenvalue weighted by Gasteiger charge is 2.10. The zero-order valence-corrected chi connectivity index (χ0v) is 16.9. The molecule has 5 nitrogen and oxygen atoms in total. The minimum Gasteiger partial charge on any atom is -0.494 e. The second kappa shape index (κ2) is 10.1. The molecular weight excluding hydrogens is 374 g/mol. The fourth-order valence-electron chi connectivity index (χ4n) is 3.17. The molecule has 0 spiro atoms. The van der Waals surface area contributed by atoms with Crippen LogP contribution in [-0.2, 0) is 17.8 Å². The van der Waals surface area contributed by atoms with E-state index < -0.39 is 0 Å². The van der Waals surface area contributed by atoms with Gasteiger partial charge in [-0.25, -0.2) is 4.98 Å². The zero-order valence-electron chi connectivity index (χ0n) is 16.2. The summed E-state index contributed by atoms with van der Waals surface area (Å²) in [5, 5.41) is 3.56. The van der Waals surface area contributed by atoms with Gasteiger partial charge in [0.05, 0.1) is 17.6 Å². The molecule has 3 rings (SSSR count). The number of unbranched alkanes of at least 4 members (excludes halogenated alkanes) is 1. The molecule has 0 unspecified atom stereocenters. The number of hydrogen-bond donors (Lipinski definition) is 1. The van der Waals surface area contributed by atoms with Crippen LogP contribution in [0.5, 0.6) is 5.75 Å². The largest absolute Gasteiger partial charge is 0.494 e. The Labute approximate surface area is 170 Å². The van der Waals surface area contributed by atoms with Gasteiger partial charge in [0, 0.05) is 31.5 Å². The third-order valence-corrected chi connectivity index (χ3v) is 4.80. The fraction of sp³-hybridized carbons (Fsp3) is 0.364. The van der Waals surface area contributed by atoms with E-state index in [1.165, 1.54) is 0 Å². The molecule has 1 heterocycles. The number of fused-ring (bicyclic) bond motifs is 1. The first-order chi connectivity index (χ1) is 13.6. The van der Waals surface area contributed by atoms with Gasteiger partial charge in [-0.2, -0.15) is 0 Å². The number of imidazole rings is 1. The van der Waals surface area contributed by atoms with E-state index >= 15 is 0 Å². The molecule has 0 saturated carbocycles. The normalized spacial score (nSPS) is 10.9. The van der Waals surface area contributed by atoms with Crippen molar-refractivity contribution in [2.75, 3.05) is 13.2 Å². The molecule has 0 radical (unpaired) electrons. The first kappa shape index (κ1) is 20.2. The molecule has 1 aromatic heterocycles. The number of rotatable bonds is 10. The maximum atomic E-state index is 11.0. The van der Waals surface area contributed by atoms with Gasteiger partial charge in [-0.05, 0) is 55.7 Å². The standard InChI is InChI=1S/C22H26ClN3O2/c1-17(27)24-14-6-9-22-25-20-7-2-3-8-21(20)26(22)15-4-5-16-28-19-12-10-18(23)11-13-19/h2-3,7-8,10-13H,4-6,9,14-16H2,1H3,(H,24,27). The van der Waals surface area contributed by atoms with Crippen LogP contribution in [0.15, 0.2) is 48.5 Å². The average Bonchev–Trinajstić information content (AvgIpc) is 3.04. The maximum absolute atomic E-state index is 11.0. The molecule has 0 fully saturated rings. The number of ether oxygens (including phenoxy) is 1. The molecule has 148 valence electrons. The van der Waals surface area contributed by atoms with Crippen LogP contribution in [0.25, 0.3) is 11.0 Å². The van der Waals surface area contributed by atoms with Gasteiger partial charge >= 0.3 is 0 Å². The minimum absolute atomic E-state index is 0.00851. The molecule has 0 saturated heterocycles. The molecule has 0 aliphatic rings. The van der Waals surface area contributed by atoms with Crippen molar-refractivity contribution >= 4 is 28.5 Å². The van der Waals surface area contributed by atoms with E-state index in [0.717, 1.165) is 54.8 Å². The summed E-state index contributed by atoms with van der Waals surface area (Å²) in [5.74, 6) is 1.93. The SMILES string of the molecule is CC(=O)NCCCc1nc2ccccc2n1CCCCOc1ccc(Cl)cc1. The lowest BCUT2D eigenvalue weighted by molar-refractivity contribution is -0.118. The quantitative estimate of drug-likeness (QED) is 0.506. The van der Waals surface area contributed by atoms with E-state index in [0.29, 0.717) is 18.2 Å². The molecule has 3 aromatic rings. The van der Waals surface area contributed by atoms with Gasteiger partial charge in [0.15, 0.2) is 0 Å². The van der Waals surface area contributed by atoms with Crippen LogP contribution in [0.2, 0.25) is 5.02 Å². The van der Waals surface area contributed by atoms with Gasteiger partial charge in [0.1, 0.15) is 11.6 Å². The number of benzene rings is 2. The Morgan fingerprint density at radius 2 is 1.89 bits per heavy atom. The van der Waals surface area contributed by atoms with Crippen molar-refractivity contribution in [3.05, 3.63) is 59.4 Å². The second-order valence-electron chi connectivity index (χ2n) is 6.76. The number of aromatic nitrogens is 2. The molecule has 0 atom stereocenters. The summed E-state index contributed by atoms with van der Waals surface area (Å²) in [5.41, 5.74) is 2.19. The number of para-hydroxylation sites is 2. The molecule has 0 bridgehead atoms. The number of amides is 1. The number of nitrogens with zero attached hydrogens (tertiary/aromatic N) is 2. The second-order valence-corrected chi connectivity index (χ2v) is 7.20. The number of carbonyl (C=O) groups excluding carboxylic acids is 1. The van der Waals surface area contributed by atoms with Crippen molar-refractivity contribution in [1.29, 1.82) is 0 Å². The summed E-state index contributed by atoms with van der Waals surface area (Å²) in [6.45, 7) is 3.79. The Balaban J connectivity index is 1.54. The first-order valence-electron chi connectivity index (χ1n) is 9.70. The van der Waals surface area contributed by atoms with E-state index in [-0.39, 0.29) is 5.91 Å². The van der Waals surface area contributed by atoms with Crippen molar-refractivity contribution in [3.63, 3.8) is 0 Å². The van der Waals surface area contributed by atoms with Gasteiger partial charge in [0.25, 0.3) is 0 Å². The minimum atomic E-state index is 0.00851. The maximum Gasteiger partial charge on any atom is 0.216 e. The highest BCUT2D eigenvalue weighted by Crippen LogP contribution is 2.19. The number of hydrogen-bond acceptors (Lipinski definition) is 3. The molecule has 0 aliphatic heterocycles. The van der Waals surface area contributed by atoms with Crippen LogP contribution < -0.4 is 10.1 Å². The van der Waals surface area contributed by atoms with Gasteiger partial charge in [-0.1, -0.05) is 23.7 Å². The lowest BCUT2D eigenvalue weighted by Crippen LogP contribution is -2.21. The first-order valence-corrected chi connectivity index (χ1v) is 10.1. The Bertz CT molecular complexity index is 906. The van der Waals surface area contributed by atoms with Crippen LogP contribution in [0.3, 0.4) is 0 Å². The van der Waals surface area contributed by atoms with E-state index in [4.69, 9.17) is 21.3 Å². The van der Waals surface area contributed by atoms with Gasteiger partial charge in [-0.15, -0.1) is 0 Å². The monoisotopic (exact) mass is 399 g/mol. The number of carbonyl (C=O) groups is 1. The van der Waals surface area contributed by atoms with Crippen LogP contribution in [0, 0.1) is 0 Å². The topological polar surface area (TPSA) is 56.2 Å². The van der Waals surface area contributed by atoms with Crippen molar-refractivity contribution in [2.24, 2.45) is 0 Å². The highest BCUT2D eigenvalue weighted by atomic mass is 35.5. The molecular formula is C22H26ClN3O2. The third-order valence-electron chi connectivity index (χ3n) is 4.54. The number of halogens is 1. The highest BCUT2D eigenvalue weighted by molar-refractivity contribution is 6.30. The molecule has 2 aromatic carbocycles. The Kier molecular flexibility index (Phi) is 7.31. The van der Waals surface area contributed by atoms with Crippen molar-refractivity contribution in [1.82, 2.24) is 14.9 Å². The molecule has 1 N–H and O–H groups in total. The van der Waals surface area contributed by atoms with Gasteiger partial charge in [-0.3, -0.25) is 4.79 Å². The molecule has 6 heteroatoms. The lowest BCUT2D eigenvalue weighted by Gasteiger charge is -2.10. The van der Waals surface area contributed by atoms with Crippen molar-refractivity contribution in [2.45, 2.75) is 39.2 Å². The molecule has 1 amide bonds. The predicted molar refractivity (Wildman–Crippen MR) is 113 cm³/mol. The summed E-state index contributed by atoms with van der Waals surface area (Å²) in [6, 6.07) is 15.7. The lowest BCUT2D eigenvalue weighted by atomic mass is 10.2. The van der Waals surface area contributed by atoms with E-state index in [1.807, 2.05) is 42.5 Å². The Hall–Kier alpha value is -2.53. The van der Waals surface area contributed by atoms with Crippen LogP contribution in [-0.4, -0.2) is 28.6 Å². The summed E-state index contributed by atoms with van der Waals surface area (Å²) < 4.78 is 8.07. The Morgan fingerprint density at radius 3 is 2.68 bits per heavy atom. The predicted octanol–water partition coefficient (Wildman–Crippen LogP) is 4.62. The number of nitrogens with one attached hydrogen (secondary N) is 1. The molecule has 0 aliphatic carbocycles. The summed E-state index contributed by atoms with van der Waals surface area (Å²) in [4.78, 5) is 15.8. The third kappa shape index (κ3) is 5.73. The summed E-state index contributed by atoms with van der Waals surface area (Å²) in [7, 11) is 0. The van der Waals surface area contributed by atoms with E-state index in [1.54, 1.807) is 6.92 Å². The fourth-order valence-corrected chi connectivity index (χ4v) is 3.30. The summed E-state index contributed by atoms with van der Waals surface area (Å²) in [6.07, 6.45) is 3.69. The van der Waals surface area contributed by atoms with Crippen LogP contribution in [0.4, 0.5) is 0 Å².